The van der Waals surface area contributed by atoms with Crippen molar-refractivity contribution in [2.24, 2.45) is 7.05 Å². The number of ether oxygens (including phenoxy) is 1. The minimum absolute atomic E-state index is 0.0959. The van der Waals surface area contributed by atoms with E-state index in [1.165, 1.54) is 5.69 Å². The molecular weight excluding hydrogens is 214 g/mol. The zero-order valence-electron chi connectivity index (χ0n) is 11.9. The Balaban J connectivity index is 2.67. The van der Waals surface area contributed by atoms with E-state index in [0.717, 1.165) is 18.5 Å². The molecule has 0 aromatic carbocycles. The predicted octanol–water partition coefficient (Wildman–Crippen LogP) is 1.67. The number of nitrogens with zero attached hydrogens (tertiary/aromatic N) is 2. The standard InChI is InChI=1S/C13H25N3O/c1-10-7-12(16(5)15-10)8-11(14-4)9-13(2,3)17-6/h7,11,14H,8-9H2,1-6H3. The lowest BCUT2D eigenvalue weighted by Gasteiger charge is -2.28. The van der Waals surface area contributed by atoms with Gasteiger partial charge in [0.1, 0.15) is 0 Å². The fourth-order valence-electron chi connectivity index (χ4n) is 2.06. The first-order valence-corrected chi connectivity index (χ1v) is 6.10. The summed E-state index contributed by atoms with van der Waals surface area (Å²) in [6, 6.07) is 2.55. The Hall–Kier alpha value is -0.870. The summed E-state index contributed by atoms with van der Waals surface area (Å²) in [5, 5.41) is 7.73. The second-order valence-corrected chi connectivity index (χ2v) is 5.26. The molecule has 1 aromatic heterocycles. The molecular formula is C13H25N3O. The Morgan fingerprint density at radius 2 is 2.18 bits per heavy atom. The van der Waals surface area contributed by atoms with Gasteiger partial charge in [0.05, 0.1) is 11.3 Å². The number of hydrogen-bond donors (Lipinski definition) is 1. The van der Waals surface area contributed by atoms with Crippen LogP contribution in [0.4, 0.5) is 0 Å². The van der Waals surface area contributed by atoms with Gasteiger partial charge >= 0.3 is 0 Å². The van der Waals surface area contributed by atoms with Crippen LogP contribution < -0.4 is 5.32 Å². The lowest BCUT2D eigenvalue weighted by atomic mass is 9.95. The van der Waals surface area contributed by atoms with Gasteiger partial charge in [0.15, 0.2) is 0 Å². The summed E-state index contributed by atoms with van der Waals surface area (Å²) < 4.78 is 7.44. The molecule has 17 heavy (non-hydrogen) atoms. The normalized spacial score (nSPS) is 14.0. The van der Waals surface area contributed by atoms with Crippen molar-refractivity contribution >= 4 is 0 Å². The van der Waals surface area contributed by atoms with Gasteiger partial charge in [0.25, 0.3) is 0 Å². The predicted molar refractivity (Wildman–Crippen MR) is 70.2 cm³/mol. The quantitative estimate of drug-likeness (QED) is 0.821. The van der Waals surface area contributed by atoms with E-state index in [0.29, 0.717) is 6.04 Å². The van der Waals surface area contributed by atoms with Gasteiger partial charge in [0.2, 0.25) is 0 Å². The summed E-state index contributed by atoms with van der Waals surface area (Å²) in [6.07, 6.45) is 1.95. The average Bonchev–Trinajstić information content (AvgIpc) is 2.56. The largest absolute Gasteiger partial charge is 0.379 e. The molecule has 0 spiro atoms. The maximum absolute atomic E-state index is 5.48. The molecule has 0 amide bonds. The van der Waals surface area contributed by atoms with Crippen molar-refractivity contribution in [3.05, 3.63) is 17.5 Å². The summed E-state index contributed by atoms with van der Waals surface area (Å²) in [4.78, 5) is 0. The Kier molecular flexibility index (Phi) is 4.71. The Bertz CT molecular complexity index is 358. The molecule has 0 saturated carbocycles. The maximum atomic E-state index is 5.48. The lowest BCUT2D eigenvalue weighted by Crippen LogP contribution is -2.37. The minimum atomic E-state index is -0.0959. The monoisotopic (exact) mass is 239 g/mol. The Morgan fingerprint density at radius 3 is 2.59 bits per heavy atom. The van der Waals surface area contributed by atoms with Crippen LogP contribution in [0, 0.1) is 6.92 Å². The van der Waals surface area contributed by atoms with Gasteiger partial charge in [-0.1, -0.05) is 0 Å². The third kappa shape index (κ3) is 4.13. The molecule has 1 unspecified atom stereocenters. The maximum Gasteiger partial charge on any atom is 0.0637 e. The highest BCUT2D eigenvalue weighted by atomic mass is 16.5. The fraction of sp³-hybridized carbons (Fsp3) is 0.769. The van der Waals surface area contributed by atoms with Crippen molar-refractivity contribution in [3.8, 4) is 0 Å². The molecule has 1 aromatic rings. The molecule has 1 rings (SSSR count). The highest BCUT2D eigenvalue weighted by molar-refractivity contribution is 5.10. The number of nitrogens with one attached hydrogen (secondary N) is 1. The van der Waals surface area contributed by atoms with Gasteiger partial charge in [-0.15, -0.1) is 0 Å². The van der Waals surface area contributed by atoms with E-state index in [4.69, 9.17) is 4.74 Å². The summed E-state index contributed by atoms with van der Waals surface area (Å²) in [5.41, 5.74) is 2.23. The number of likely N-dealkylation sites (N-methyl/N-ethyl adjacent to an activating group) is 1. The average molecular weight is 239 g/mol. The van der Waals surface area contributed by atoms with E-state index < -0.39 is 0 Å². The molecule has 0 aliphatic rings. The van der Waals surface area contributed by atoms with E-state index in [1.54, 1.807) is 7.11 Å². The van der Waals surface area contributed by atoms with Crippen LogP contribution in [0.5, 0.6) is 0 Å². The molecule has 0 fully saturated rings. The van der Waals surface area contributed by atoms with Crippen LogP contribution in [0.15, 0.2) is 6.07 Å². The van der Waals surface area contributed by atoms with Crippen molar-refractivity contribution in [1.29, 1.82) is 0 Å². The first-order chi connectivity index (χ1) is 7.88. The van der Waals surface area contributed by atoms with Crippen LogP contribution in [0.2, 0.25) is 0 Å². The van der Waals surface area contributed by atoms with Gasteiger partial charge in [-0.2, -0.15) is 5.10 Å². The molecule has 1 heterocycles. The van der Waals surface area contributed by atoms with Gasteiger partial charge in [-0.3, -0.25) is 4.68 Å². The summed E-state index contributed by atoms with van der Waals surface area (Å²) in [5.74, 6) is 0. The van der Waals surface area contributed by atoms with Gasteiger partial charge in [-0.25, -0.2) is 0 Å². The molecule has 1 N–H and O–H groups in total. The number of methoxy groups -OCH3 is 1. The number of aryl methyl sites for hydroxylation is 2. The molecule has 0 aliphatic carbocycles. The van der Waals surface area contributed by atoms with E-state index in [-0.39, 0.29) is 5.60 Å². The minimum Gasteiger partial charge on any atom is -0.379 e. The first kappa shape index (κ1) is 14.2. The van der Waals surface area contributed by atoms with E-state index in [2.05, 4.69) is 30.3 Å². The fourth-order valence-corrected chi connectivity index (χ4v) is 2.06. The molecule has 0 aliphatic heterocycles. The van der Waals surface area contributed by atoms with Crippen molar-refractivity contribution in [3.63, 3.8) is 0 Å². The molecule has 98 valence electrons. The van der Waals surface area contributed by atoms with Crippen LogP contribution in [0.1, 0.15) is 31.7 Å². The third-order valence-electron chi connectivity index (χ3n) is 3.25. The van der Waals surface area contributed by atoms with Crippen LogP contribution in [-0.4, -0.2) is 35.6 Å². The number of hydrogen-bond acceptors (Lipinski definition) is 3. The second-order valence-electron chi connectivity index (χ2n) is 5.26. The van der Waals surface area contributed by atoms with Crippen LogP contribution in [0.25, 0.3) is 0 Å². The van der Waals surface area contributed by atoms with E-state index in [9.17, 15) is 0 Å². The van der Waals surface area contributed by atoms with Gasteiger partial charge in [0, 0.05) is 32.3 Å². The highest BCUT2D eigenvalue weighted by Gasteiger charge is 2.22. The molecule has 0 radical (unpaired) electrons. The van der Waals surface area contributed by atoms with E-state index in [1.807, 2.05) is 25.7 Å². The molecule has 0 bridgehead atoms. The van der Waals surface area contributed by atoms with Crippen LogP contribution in [0.3, 0.4) is 0 Å². The van der Waals surface area contributed by atoms with E-state index >= 15 is 0 Å². The topological polar surface area (TPSA) is 39.1 Å². The summed E-state index contributed by atoms with van der Waals surface area (Å²) in [7, 11) is 5.76. The zero-order valence-corrected chi connectivity index (χ0v) is 11.9. The molecule has 4 heteroatoms. The second kappa shape index (κ2) is 5.65. The van der Waals surface area contributed by atoms with Crippen molar-refractivity contribution in [2.45, 2.75) is 45.3 Å². The SMILES string of the molecule is CNC(Cc1cc(C)nn1C)CC(C)(C)OC. The van der Waals surface area contributed by atoms with Crippen LogP contribution >= 0.6 is 0 Å². The van der Waals surface area contributed by atoms with Crippen molar-refractivity contribution < 1.29 is 4.74 Å². The number of aromatic nitrogens is 2. The smallest absolute Gasteiger partial charge is 0.0637 e. The van der Waals surface area contributed by atoms with Crippen molar-refractivity contribution in [1.82, 2.24) is 15.1 Å². The Labute approximate surface area is 104 Å². The molecule has 1 atom stereocenters. The van der Waals surface area contributed by atoms with Gasteiger partial charge < -0.3 is 10.1 Å². The van der Waals surface area contributed by atoms with Crippen molar-refractivity contribution in [2.75, 3.05) is 14.2 Å². The zero-order chi connectivity index (χ0) is 13.1. The lowest BCUT2D eigenvalue weighted by molar-refractivity contribution is 0.00759. The molecule has 4 nitrogen and oxygen atoms in total. The molecule has 0 saturated heterocycles. The van der Waals surface area contributed by atoms with Gasteiger partial charge in [-0.05, 0) is 40.3 Å². The highest BCUT2D eigenvalue weighted by Crippen LogP contribution is 2.18. The first-order valence-electron chi connectivity index (χ1n) is 6.10. The third-order valence-corrected chi connectivity index (χ3v) is 3.25. The summed E-state index contributed by atoms with van der Waals surface area (Å²) >= 11 is 0. The number of rotatable bonds is 6. The Morgan fingerprint density at radius 1 is 1.53 bits per heavy atom. The summed E-state index contributed by atoms with van der Waals surface area (Å²) in [6.45, 7) is 6.26. The van der Waals surface area contributed by atoms with Crippen LogP contribution in [-0.2, 0) is 18.2 Å².